The van der Waals surface area contributed by atoms with Gasteiger partial charge in [-0.1, -0.05) is 43.2 Å². The summed E-state index contributed by atoms with van der Waals surface area (Å²) in [5.74, 6) is 1.27. The van der Waals surface area contributed by atoms with E-state index < -0.39 is 0 Å². The van der Waals surface area contributed by atoms with Gasteiger partial charge in [0.2, 0.25) is 11.9 Å². The average Bonchev–Trinajstić information content (AvgIpc) is 2.70. The second-order valence-electron chi connectivity index (χ2n) is 5.31. The number of benzene rings is 1. The Kier molecular flexibility index (Phi) is 3.85. The molecule has 0 unspecified atom stereocenters. The zero-order valence-electron chi connectivity index (χ0n) is 11.7. The van der Waals surface area contributed by atoms with Gasteiger partial charge in [0, 0.05) is 13.1 Å². The Balaban J connectivity index is 1.76. The summed E-state index contributed by atoms with van der Waals surface area (Å²) >= 11 is 0. The summed E-state index contributed by atoms with van der Waals surface area (Å²) in [7, 11) is 0. The van der Waals surface area contributed by atoms with Crippen LogP contribution in [0.3, 0.4) is 0 Å². The van der Waals surface area contributed by atoms with Gasteiger partial charge in [-0.2, -0.15) is 4.98 Å². The number of rotatable bonds is 3. The van der Waals surface area contributed by atoms with Gasteiger partial charge in [0.1, 0.15) is 0 Å². The van der Waals surface area contributed by atoms with Crippen molar-refractivity contribution in [2.45, 2.75) is 32.2 Å². The highest BCUT2D eigenvalue weighted by atomic mass is 15.4. The summed E-state index contributed by atoms with van der Waals surface area (Å²) in [5.41, 5.74) is 7.18. The molecule has 2 aromatic rings. The third-order valence-electron chi connectivity index (χ3n) is 3.75. The molecule has 1 aromatic carbocycles. The summed E-state index contributed by atoms with van der Waals surface area (Å²) in [6, 6.07) is 10.2. The smallest absolute Gasteiger partial charge is 0.246 e. The summed E-state index contributed by atoms with van der Waals surface area (Å²) < 4.78 is 1.79. The molecule has 1 aromatic heterocycles. The van der Waals surface area contributed by atoms with Crippen LogP contribution in [0.15, 0.2) is 30.3 Å². The highest BCUT2D eigenvalue weighted by molar-refractivity contribution is 5.35. The molecule has 0 radical (unpaired) electrons. The Morgan fingerprint density at radius 2 is 1.70 bits per heavy atom. The quantitative estimate of drug-likeness (QED) is 0.930. The van der Waals surface area contributed by atoms with Crippen LogP contribution in [-0.4, -0.2) is 27.9 Å². The van der Waals surface area contributed by atoms with Crippen molar-refractivity contribution in [3.63, 3.8) is 0 Å². The topological polar surface area (TPSA) is 60.0 Å². The molecule has 2 N–H and O–H groups in total. The van der Waals surface area contributed by atoms with Gasteiger partial charge in [0.15, 0.2) is 0 Å². The van der Waals surface area contributed by atoms with Gasteiger partial charge >= 0.3 is 0 Å². The van der Waals surface area contributed by atoms with Crippen LogP contribution in [0.2, 0.25) is 0 Å². The monoisotopic (exact) mass is 271 g/mol. The predicted octanol–water partition coefficient (Wildman–Crippen LogP) is 2.29. The minimum atomic E-state index is 0.494. The third-order valence-corrected chi connectivity index (χ3v) is 3.75. The van der Waals surface area contributed by atoms with Crippen LogP contribution in [0.1, 0.15) is 31.2 Å². The number of nitrogen functional groups attached to an aromatic ring is 1. The number of aromatic nitrogens is 3. The number of nitrogens with two attached hydrogens (primary N) is 1. The zero-order valence-corrected chi connectivity index (χ0v) is 11.7. The van der Waals surface area contributed by atoms with Crippen molar-refractivity contribution in [1.29, 1.82) is 0 Å². The second kappa shape index (κ2) is 5.94. The maximum atomic E-state index is 6.00. The lowest BCUT2D eigenvalue weighted by atomic mass is 10.2. The molecule has 0 aliphatic carbocycles. The van der Waals surface area contributed by atoms with Crippen molar-refractivity contribution < 1.29 is 0 Å². The van der Waals surface area contributed by atoms with Crippen LogP contribution >= 0.6 is 0 Å². The summed E-state index contributed by atoms with van der Waals surface area (Å²) in [6.07, 6.45) is 5.04. The first-order valence-electron chi connectivity index (χ1n) is 7.32. The zero-order chi connectivity index (χ0) is 13.8. The molecule has 1 aliphatic rings. The second-order valence-corrected chi connectivity index (χ2v) is 5.31. The van der Waals surface area contributed by atoms with Gasteiger partial charge < -0.3 is 10.6 Å². The van der Waals surface area contributed by atoms with Crippen LogP contribution in [0.4, 0.5) is 11.9 Å². The molecule has 5 nitrogen and oxygen atoms in total. The van der Waals surface area contributed by atoms with E-state index in [1.165, 1.54) is 31.2 Å². The molecule has 1 aliphatic heterocycles. The van der Waals surface area contributed by atoms with Crippen molar-refractivity contribution in [3.05, 3.63) is 35.9 Å². The number of hydrogen-bond donors (Lipinski definition) is 1. The molecule has 0 atom stereocenters. The predicted molar refractivity (Wildman–Crippen MR) is 80.7 cm³/mol. The van der Waals surface area contributed by atoms with Gasteiger partial charge in [0.25, 0.3) is 0 Å². The molecule has 5 heteroatoms. The van der Waals surface area contributed by atoms with Crippen molar-refractivity contribution >= 4 is 11.9 Å². The van der Waals surface area contributed by atoms with E-state index in [4.69, 9.17) is 5.73 Å². The molecule has 1 fully saturated rings. The Bertz CT molecular complexity index is 541. The van der Waals surface area contributed by atoms with E-state index in [0.29, 0.717) is 12.5 Å². The van der Waals surface area contributed by atoms with Crippen LogP contribution in [0, 0.1) is 0 Å². The molecule has 0 bridgehead atoms. The van der Waals surface area contributed by atoms with Crippen molar-refractivity contribution in [2.75, 3.05) is 23.7 Å². The van der Waals surface area contributed by atoms with Crippen LogP contribution in [-0.2, 0) is 6.54 Å². The largest absolute Gasteiger partial charge is 0.368 e. The minimum Gasteiger partial charge on any atom is -0.368 e. The fourth-order valence-electron chi connectivity index (χ4n) is 2.62. The lowest BCUT2D eigenvalue weighted by Crippen LogP contribution is -2.25. The number of hydrogen-bond acceptors (Lipinski definition) is 4. The lowest BCUT2D eigenvalue weighted by Gasteiger charge is -2.17. The molecule has 106 valence electrons. The first-order chi connectivity index (χ1) is 9.83. The van der Waals surface area contributed by atoms with Crippen LogP contribution in [0.5, 0.6) is 0 Å². The highest BCUT2D eigenvalue weighted by Crippen LogP contribution is 2.17. The highest BCUT2D eigenvalue weighted by Gasteiger charge is 2.16. The van der Waals surface area contributed by atoms with E-state index in [1.807, 2.05) is 18.2 Å². The fraction of sp³-hybridized carbons (Fsp3) is 0.467. The number of nitrogens with zero attached hydrogens (tertiary/aromatic N) is 4. The van der Waals surface area contributed by atoms with Gasteiger partial charge in [0.05, 0.1) is 6.54 Å². The Labute approximate surface area is 119 Å². The summed E-state index contributed by atoms with van der Waals surface area (Å²) in [6.45, 7) is 2.75. The Morgan fingerprint density at radius 3 is 2.40 bits per heavy atom. The molecule has 20 heavy (non-hydrogen) atoms. The number of anilines is 2. The van der Waals surface area contributed by atoms with Gasteiger partial charge in [-0.05, 0) is 18.4 Å². The first kappa shape index (κ1) is 13.0. The Hall–Kier alpha value is -2.04. The van der Waals surface area contributed by atoms with Crippen LogP contribution in [0.25, 0.3) is 0 Å². The summed E-state index contributed by atoms with van der Waals surface area (Å²) in [5, 5.41) is 4.58. The molecule has 0 spiro atoms. The minimum absolute atomic E-state index is 0.494. The molecule has 1 saturated heterocycles. The maximum Gasteiger partial charge on any atom is 0.246 e. The van der Waals surface area contributed by atoms with E-state index in [0.717, 1.165) is 19.0 Å². The maximum absolute atomic E-state index is 6.00. The fourth-order valence-corrected chi connectivity index (χ4v) is 2.62. The van der Waals surface area contributed by atoms with Gasteiger partial charge in [-0.25, -0.2) is 4.68 Å². The molecule has 0 amide bonds. The van der Waals surface area contributed by atoms with Gasteiger partial charge in [-0.15, -0.1) is 5.10 Å². The standard InChI is InChI=1S/C15H21N5/c16-14-17-15(19-10-6-1-2-7-11-19)18-20(14)12-13-8-4-3-5-9-13/h3-5,8-9H,1-2,6-7,10-12H2,(H2,16,17,18). The van der Waals surface area contributed by atoms with E-state index in [9.17, 15) is 0 Å². The lowest BCUT2D eigenvalue weighted by molar-refractivity contribution is 0.680. The van der Waals surface area contributed by atoms with Crippen LogP contribution < -0.4 is 10.6 Å². The van der Waals surface area contributed by atoms with Gasteiger partial charge in [-0.3, -0.25) is 0 Å². The SMILES string of the molecule is Nc1nc(N2CCCCCC2)nn1Cc1ccccc1. The molecule has 2 heterocycles. The van der Waals surface area contributed by atoms with E-state index in [1.54, 1.807) is 4.68 Å². The normalized spacial score (nSPS) is 16.1. The molecular weight excluding hydrogens is 250 g/mol. The molecule has 3 rings (SSSR count). The van der Waals surface area contributed by atoms with E-state index >= 15 is 0 Å². The van der Waals surface area contributed by atoms with Crippen molar-refractivity contribution in [2.24, 2.45) is 0 Å². The third kappa shape index (κ3) is 2.92. The summed E-state index contributed by atoms with van der Waals surface area (Å²) in [4.78, 5) is 6.68. The Morgan fingerprint density at radius 1 is 1.00 bits per heavy atom. The van der Waals surface area contributed by atoms with Crippen molar-refractivity contribution in [1.82, 2.24) is 14.8 Å². The van der Waals surface area contributed by atoms with E-state index in [-0.39, 0.29) is 0 Å². The average molecular weight is 271 g/mol. The first-order valence-corrected chi connectivity index (χ1v) is 7.32. The van der Waals surface area contributed by atoms with E-state index in [2.05, 4.69) is 27.1 Å². The van der Waals surface area contributed by atoms with Crippen molar-refractivity contribution in [3.8, 4) is 0 Å². The molecular formula is C15H21N5. The molecule has 0 saturated carbocycles.